The van der Waals surface area contributed by atoms with Gasteiger partial charge in [-0.3, -0.25) is 0 Å². The molecule has 0 aliphatic heterocycles. The normalized spacial score (nSPS) is 11.6. The van der Waals surface area contributed by atoms with E-state index in [4.69, 9.17) is 0 Å². The Hall–Kier alpha value is -8.58. The Morgan fingerprint density at radius 2 is 0.470 bits per heavy atom. The average molecular weight is 837 g/mol. The summed E-state index contributed by atoms with van der Waals surface area (Å²) in [7, 11) is 0. The van der Waals surface area contributed by atoms with E-state index in [9.17, 15) is 0 Å². The first-order chi connectivity index (χ1) is 32.7. The predicted molar refractivity (Wildman–Crippen MR) is 284 cm³/mol. The molecule has 0 unspecified atom stereocenters. The smallest absolute Gasteiger partial charge is 0.00262 e. The topological polar surface area (TPSA) is 0 Å². The Morgan fingerprint density at radius 3 is 0.924 bits per heavy atom. The van der Waals surface area contributed by atoms with Gasteiger partial charge in [-0.05, 0) is 133 Å². The molecule has 12 rings (SSSR count). The SMILES string of the molecule is C(=Cc1cccc(-c2ccc3c(-c4ccccc4)c4ccccc4c(-c4ccccc4)c3c2)c1)c1ccc(-c2ccc(-c3c4ccccc4c(-c4ccccc4)c4ccccc34)cc2)cc1. The summed E-state index contributed by atoms with van der Waals surface area (Å²) in [5.74, 6) is 0. The van der Waals surface area contributed by atoms with Crippen LogP contribution in [0.25, 0.3) is 122 Å². The Morgan fingerprint density at radius 1 is 0.167 bits per heavy atom. The molecular formula is C66H44. The molecule has 0 saturated heterocycles. The van der Waals surface area contributed by atoms with Crippen LogP contribution in [0.1, 0.15) is 11.1 Å². The lowest BCUT2D eigenvalue weighted by Gasteiger charge is -2.18. The van der Waals surface area contributed by atoms with Crippen molar-refractivity contribution in [2.75, 3.05) is 0 Å². The molecule has 0 amide bonds. The monoisotopic (exact) mass is 836 g/mol. The van der Waals surface area contributed by atoms with Crippen molar-refractivity contribution in [3.8, 4) is 66.8 Å². The first-order valence-electron chi connectivity index (χ1n) is 22.8. The van der Waals surface area contributed by atoms with Crippen molar-refractivity contribution in [2.45, 2.75) is 0 Å². The van der Waals surface area contributed by atoms with E-state index in [-0.39, 0.29) is 0 Å². The minimum atomic E-state index is 1.16. The molecule has 0 fully saturated rings. The van der Waals surface area contributed by atoms with Crippen LogP contribution in [0.5, 0.6) is 0 Å². The maximum absolute atomic E-state index is 2.40. The van der Waals surface area contributed by atoms with Crippen LogP contribution in [0.2, 0.25) is 0 Å². The van der Waals surface area contributed by atoms with Crippen molar-refractivity contribution < 1.29 is 0 Å². The number of hydrogen-bond donors (Lipinski definition) is 0. The molecule has 0 N–H and O–H groups in total. The van der Waals surface area contributed by atoms with Gasteiger partial charge < -0.3 is 0 Å². The summed E-state index contributed by atoms with van der Waals surface area (Å²) >= 11 is 0. The molecule has 0 aliphatic carbocycles. The van der Waals surface area contributed by atoms with Crippen molar-refractivity contribution >= 4 is 55.2 Å². The van der Waals surface area contributed by atoms with Gasteiger partial charge in [0.15, 0.2) is 0 Å². The van der Waals surface area contributed by atoms with Crippen LogP contribution >= 0.6 is 0 Å². The lowest BCUT2D eigenvalue weighted by atomic mass is 9.85. The fourth-order valence-electron chi connectivity index (χ4n) is 10.2. The molecule has 12 aromatic carbocycles. The Balaban J connectivity index is 0.845. The molecular weight excluding hydrogens is 793 g/mol. The van der Waals surface area contributed by atoms with Gasteiger partial charge in [0.25, 0.3) is 0 Å². The van der Waals surface area contributed by atoms with E-state index in [1.807, 2.05) is 0 Å². The second-order valence-electron chi connectivity index (χ2n) is 17.2. The maximum Gasteiger partial charge on any atom is -0.00262 e. The first kappa shape index (κ1) is 39.0. The Labute approximate surface area is 386 Å². The third-order valence-corrected chi connectivity index (χ3v) is 13.2. The third kappa shape index (κ3) is 7.06. The summed E-state index contributed by atoms with van der Waals surface area (Å²) in [4.78, 5) is 0. The largest absolute Gasteiger partial charge is 0.0622 e. The van der Waals surface area contributed by atoms with Crippen molar-refractivity contribution in [3.63, 3.8) is 0 Å². The minimum Gasteiger partial charge on any atom is -0.0622 e. The lowest BCUT2D eigenvalue weighted by molar-refractivity contribution is 1.59. The van der Waals surface area contributed by atoms with Crippen LogP contribution in [0.3, 0.4) is 0 Å². The van der Waals surface area contributed by atoms with E-state index in [0.29, 0.717) is 0 Å². The summed E-state index contributed by atoms with van der Waals surface area (Å²) in [6.07, 6.45) is 4.44. The molecule has 0 heteroatoms. The van der Waals surface area contributed by atoms with Crippen LogP contribution < -0.4 is 0 Å². The minimum absolute atomic E-state index is 1.16. The molecule has 0 aliphatic rings. The molecule has 0 heterocycles. The number of benzene rings is 12. The highest BCUT2D eigenvalue weighted by atomic mass is 14.2. The number of fused-ring (bicyclic) bond motifs is 4. The van der Waals surface area contributed by atoms with E-state index in [0.717, 1.165) is 11.1 Å². The van der Waals surface area contributed by atoms with Crippen molar-refractivity contribution in [3.05, 3.63) is 266 Å². The van der Waals surface area contributed by atoms with Crippen LogP contribution in [-0.2, 0) is 0 Å². The fourth-order valence-corrected chi connectivity index (χ4v) is 10.2. The van der Waals surface area contributed by atoms with Gasteiger partial charge in [-0.2, -0.15) is 0 Å². The molecule has 0 nitrogen and oxygen atoms in total. The number of rotatable bonds is 8. The van der Waals surface area contributed by atoms with Gasteiger partial charge in [0.1, 0.15) is 0 Å². The van der Waals surface area contributed by atoms with Crippen molar-refractivity contribution in [1.82, 2.24) is 0 Å². The van der Waals surface area contributed by atoms with Gasteiger partial charge in [0.05, 0.1) is 0 Å². The Kier molecular flexibility index (Phi) is 9.97. The highest BCUT2D eigenvalue weighted by Crippen LogP contribution is 2.46. The Bertz CT molecular complexity index is 3690. The standard InChI is InChI=1S/C66H44/c1-4-18-49(19-5-1)63-55-25-10-12-27-57(55)65(58-28-13-11-26-56(58)63)52-39-37-48(38-40-52)47-35-33-45(34-36-47)31-32-46-17-16-24-53(43-46)54-41-42-61-62(44-54)66(51-22-8-3-9-23-51)60-30-15-14-29-59(60)64(61)50-20-6-2-7-21-50/h1-44H. The first-order valence-corrected chi connectivity index (χ1v) is 22.8. The second kappa shape index (κ2) is 16.8. The van der Waals surface area contributed by atoms with Crippen molar-refractivity contribution in [1.29, 1.82) is 0 Å². The summed E-state index contributed by atoms with van der Waals surface area (Å²) in [6.45, 7) is 0. The average Bonchev–Trinajstić information content (AvgIpc) is 3.39. The van der Waals surface area contributed by atoms with Crippen LogP contribution in [-0.4, -0.2) is 0 Å². The fraction of sp³-hybridized carbons (Fsp3) is 0. The molecule has 0 aromatic heterocycles. The second-order valence-corrected chi connectivity index (χ2v) is 17.2. The van der Waals surface area contributed by atoms with Crippen molar-refractivity contribution in [2.24, 2.45) is 0 Å². The van der Waals surface area contributed by atoms with Crippen LogP contribution in [0.4, 0.5) is 0 Å². The summed E-state index contributed by atoms with van der Waals surface area (Å²) in [6, 6.07) is 92.9. The quantitative estimate of drug-likeness (QED) is 0.106. The zero-order valence-electron chi connectivity index (χ0n) is 36.4. The maximum atomic E-state index is 2.40. The predicted octanol–water partition coefficient (Wildman–Crippen LogP) is 18.5. The molecule has 0 spiro atoms. The molecule has 308 valence electrons. The summed E-state index contributed by atoms with van der Waals surface area (Å²) in [5, 5.41) is 10.1. The molecule has 66 heavy (non-hydrogen) atoms. The summed E-state index contributed by atoms with van der Waals surface area (Å²) < 4.78 is 0. The van der Waals surface area contributed by atoms with E-state index in [1.165, 1.54) is 110 Å². The van der Waals surface area contributed by atoms with E-state index < -0.39 is 0 Å². The highest BCUT2D eigenvalue weighted by molar-refractivity contribution is 6.23. The molecule has 0 radical (unpaired) electrons. The van der Waals surface area contributed by atoms with Crippen LogP contribution in [0, 0.1) is 0 Å². The van der Waals surface area contributed by atoms with Gasteiger partial charge in [0, 0.05) is 0 Å². The summed E-state index contributed by atoms with van der Waals surface area (Å²) in [5.41, 5.74) is 17.2. The zero-order valence-corrected chi connectivity index (χ0v) is 36.4. The van der Waals surface area contributed by atoms with Gasteiger partial charge in [-0.25, -0.2) is 0 Å². The van der Waals surface area contributed by atoms with Gasteiger partial charge in [0.2, 0.25) is 0 Å². The highest BCUT2D eigenvalue weighted by Gasteiger charge is 2.19. The zero-order chi connectivity index (χ0) is 43.8. The van der Waals surface area contributed by atoms with Crippen LogP contribution in [0.15, 0.2) is 255 Å². The van der Waals surface area contributed by atoms with E-state index in [2.05, 4.69) is 267 Å². The number of hydrogen-bond acceptors (Lipinski definition) is 0. The van der Waals surface area contributed by atoms with Gasteiger partial charge in [-0.15, -0.1) is 0 Å². The molecule has 0 atom stereocenters. The molecule has 12 aromatic rings. The molecule has 0 bridgehead atoms. The lowest BCUT2D eigenvalue weighted by Crippen LogP contribution is -1.91. The van der Waals surface area contributed by atoms with Gasteiger partial charge >= 0.3 is 0 Å². The van der Waals surface area contributed by atoms with Gasteiger partial charge in [-0.1, -0.05) is 255 Å². The van der Waals surface area contributed by atoms with E-state index in [1.54, 1.807) is 0 Å². The van der Waals surface area contributed by atoms with E-state index >= 15 is 0 Å². The third-order valence-electron chi connectivity index (χ3n) is 13.2. The molecule has 0 saturated carbocycles.